The molecule has 118 valence electrons. The molecule has 0 fully saturated rings. The molecule has 0 saturated heterocycles. The van der Waals surface area contributed by atoms with Crippen molar-refractivity contribution in [3.05, 3.63) is 18.2 Å². The number of hydrogen-bond donors (Lipinski definition) is 2. The van der Waals surface area contributed by atoms with Crippen molar-refractivity contribution in [2.45, 2.75) is 73.1 Å². The predicted octanol–water partition coefficient (Wildman–Crippen LogP) is 4.09. The Morgan fingerprint density at radius 2 is 1.85 bits per heavy atom. The third-order valence-electron chi connectivity index (χ3n) is 2.50. The zero-order valence-corrected chi connectivity index (χ0v) is 14.0. The number of carbonyl (C=O) groups is 1. The summed E-state index contributed by atoms with van der Waals surface area (Å²) in [5.41, 5.74) is 0. The molecular weight excluding hydrogens is 250 g/mol. The third kappa shape index (κ3) is 14.7. The Morgan fingerprint density at radius 1 is 1.20 bits per heavy atom. The molecule has 0 saturated carbocycles. The van der Waals surface area contributed by atoms with Gasteiger partial charge in [-0.15, -0.1) is 0 Å². The van der Waals surface area contributed by atoms with E-state index in [2.05, 4.69) is 36.1 Å². The monoisotopic (exact) mass is 283 g/mol. The first kappa shape index (κ1) is 21.0. The number of rotatable bonds is 7. The van der Waals surface area contributed by atoms with Crippen LogP contribution in [0.5, 0.6) is 0 Å². The Morgan fingerprint density at radius 3 is 2.30 bits per heavy atom. The molecule has 4 nitrogen and oxygen atoms in total. The number of nitrogens with zero attached hydrogens (tertiary/aromatic N) is 1. The van der Waals surface area contributed by atoms with E-state index in [0.717, 1.165) is 25.1 Å². The van der Waals surface area contributed by atoms with Gasteiger partial charge in [-0.25, -0.2) is 4.98 Å². The van der Waals surface area contributed by atoms with Crippen LogP contribution in [0.25, 0.3) is 0 Å². The van der Waals surface area contributed by atoms with Crippen molar-refractivity contribution in [3.8, 4) is 0 Å². The second-order valence-corrected chi connectivity index (χ2v) is 4.24. The van der Waals surface area contributed by atoms with Crippen molar-refractivity contribution in [2.75, 3.05) is 6.54 Å². The Balaban J connectivity index is 0. The summed E-state index contributed by atoms with van der Waals surface area (Å²) in [6.45, 7) is 11.1. The SMILES string of the molecule is CC.CCCC.CCCCC(=O)NCCc1ncc[nH]1. The summed E-state index contributed by atoms with van der Waals surface area (Å²) >= 11 is 0. The number of hydrogen-bond acceptors (Lipinski definition) is 2. The second kappa shape index (κ2) is 17.7. The maximum atomic E-state index is 11.2. The molecule has 1 amide bonds. The summed E-state index contributed by atoms with van der Waals surface area (Å²) in [5, 5.41) is 2.86. The van der Waals surface area contributed by atoms with Gasteiger partial charge in [0, 0.05) is 31.8 Å². The van der Waals surface area contributed by atoms with E-state index in [-0.39, 0.29) is 5.91 Å². The van der Waals surface area contributed by atoms with Crippen LogP contribution < -0.4 is 5.32 Å². The largest absolute Gasteiger partial charge is 0.356 e. The van der Waals surface area contributed by atoms with Crippen LogP contribution in [0.15, 0.2) is 12.4 Å². The molecule has 1 rings (SSSR count). The van der Waals surface area contributed by atoms with Crippen molar-refractivity contribution >= 4 is 5.91 Å². The van der Waals surface area contributed by atoms with Crippen LogP contribution in [0.3, 0.4) is 0 Å². The molecule has 0 aliphatic heterocycles. The van der Waals surface area contributed by atoms with E-state index >= 15 is 0 Å². The molecule has 0 aliphatic rings. The van der Waals surface area contributed by atoms with Gasteiger partial charge in [0.15, 0.2) is 0 Å². The van der Waals surface area contributed by atoms with Gasteiger partial charge >= 0.3 is 0 Å². The Hall–Kier alpha value is -1.32. The molecule has 2 N–H and O–H groups in total. The Labute approximate surface area is 124 Å². The smallest absolute Gasteiger partial charge is 0.220 e. The Kier molecular flexibility index (Phi) is 18.6. The summed E-state index contributed by atoms with van der Waals surface area (Å²) in [7, 11) is 0. The molecule has 0 radical (unpaired) electrons. The number of H-pyrrole nitrogens is 1. The van der Waals surface area contributed by atoms with Crippen LogP contribution in [0, 0.1) is 0 Å². The van der Waals surface area contributed by atoms with Gasteiger partial charge in [0.2, 0.25) is 5.91 Å². The highest BCUT2D eigenvalue weighted by atomic mass is 16.1. The summed E-state index contributed by atoms with van der Waals surface area (Å²) in [5.74, 6) is 1.05. The number of aromatic nitrogens is 2. The van der Waals surface area contributed by atoms with Gasteiger partial charge in [0.1, 0.15) is 5.82 Å². The van der Waals surface area contributed by atoms with Crippen molar-refractivity contribution in [3.63, 3.8) is 0 Å². The molecule has 1 heterocycles. The maximum Gasteiger partial charge on any atom is 0.220 e. The predicted molar refractivity (Wildman–Crippen MR) is 86.8 cm³/mol. The minimum Gasteiger partial charge on any atom is -0.356 e. The van der Waals surface area contributed by atoms with Gasteiger partial charge in [-0.3, -0.25) is 4.79 Å². The summed E-state index contributed by atoms with van der Waals surface area (Å²) in [4.78, 5) is 18.2. The van der Waals surface area contributed by atoms with Crippen molar-refractivity contribution in [1.82, 2.24) is 15.3 Å². The van der Waals surface area contributed by atoms with Crippen LogP contribution in [0.1, 0.15) is 72.5 Å². The highest BCUT2D eigenvalue weighted by molar-refractivity contribution is 5.75. The van der Waals surface area contributed by atoms with E-state index in [0.29, 0.717) is 13.0 Å². The van der Waals surface area contributed by atoms with Crippen molar-refractivity contribution < 1.29 is 4.79 Å². The van der Waals surface area contributed by atoms with Crippen molar-refractivity contribution in [1.29, 1.82) is 0 Å². The lowest BCUT2D eigenvalue weighted by molar-refractivity contribution is -0.121. The minimum atomic E-state index is 0.137. The zero-order valence-electron chi connectivity index (χ0n) is 14.0. The Bertz CT molecular complexity index is 282. The van der Waals surface area contributed by atoms with Crippen LogP contribution in [-0.4, -0.2) is 22.4 Å². The standard InChI is InChI=1S/C10H17N3O.C4H10.C2H6/c1-2-3-4-10(14)13-6-5-9-11-7-8-12-9;1-3-4-2;1-2/h7-8H,2-6H2,1H3,(H,11,12)(H,13,14);3-4H2,1-2H3;1-2H3. The highest BCUT2D eigenvalue weighted by Crippen LogP contribution is 1.93. The number of carbonyl (C=O) groups excluding carboxylic acids is 1. The van der Waals surface area contributed by atoms with E-state index < -0.39 is 0 Å². The normalized spacial score (nSPS) is 8.85. The van der Waals surface area contributed by atoms with E-state index in [1.807, 2.05) is 13.8 Å². The van der Waals surface area contributed by atoms with Gasteiger partial charge in [-0.05, 0) is 6.42 Å². The third-order valence-corrected chi connectivity index (χ3v) is 2.50. The van der Waals surface area contributed by atoms with Crippen molar-refractivity contribution in [2.24, 2.45) is 0 Å². The highest BCUT2D eigenvalue weighted by Gasteiger charge is 2.00. The molecule has 0 aromatic carbocycles. The lowest BCUT2D eigenvalue weighted by atomic mass is 10.2. The van der Waals surface area contributed by atoms with E-state index in [1.54, 1.807) is 12.4 Å². The fraction of sp³-hybridized carbons (Fsp3) is 0.750. The van der Waals surface area contributed by atoms with Gasteiger partial charge in [-0.1, -0.05) is 53.9 Å². The summed E-state index contributed by atoms with van der Waals surface area (Å²) in [6.07, 6.45) is 9.57. The van der Waals surface area contributed by atoms with Crippen LogP contribution >= 0.6 is 0 Å². The summed E-state index contributed by atoms with van der Waals surface area (Å²) in [6, 6.07) is 0. The fourth-order valence-corrected chi connectivity index (χ4v) is 1.18. The average Bonchev–Trinajstić information content (AvgIpc) is 3.01. The lowest BCUT2D eigenvalue weighted by Crippen LogP contribution is -2.25. The van der Waals surface area contributed by atoms with Gasteiger partial charge in [0.25, 0.3) is 0 Å². The molecule has 0 aliphatic carbocycles. The molecule has 1 aromatic rings. The van der Waals surface area contributed by atoms with Gasteiger partial charge in [0.05, 0.1) is 0 Å². The lowest BCUT2D eigenvalue weighted by Gasteiger charge is -2.02. The number of nitrogens with one attached hydrogen (secondary N) is 2. The first-order valence-corrected chi connectivity index (χ1v) is 7.99. The quantitative estimate of drug-likeness (QED) is 0.791. The molecule has 0 bridgehead atoms. The molecular formula is C16H33N3O. The molecule has 0 atom stereocenters. The van der Waals surface area contributed by atoms with Crippen LogP contribution in [-0.2, 0) is 11.2 Å². The van der Waals surface area contributed by atoms with Crippen LogP contribution in [0.2, 0.25) is 0 Å². The molecule has 0 spiro atoms. The van der Waals surface area contributed by atoms with Gasteiger partial charge < -0.3 is 10.3 Å². The van der Waals surface area contributed by atoms with Crippen LogP contribution in [0.4, 0.5) is 0 Å². The van der Waals surface area contributed by atoms with E-state index in [9.17, 15) is 4.79 Å². The first-order chi connectivity index (χ1) is 9.74. The fourth-order valence-electron chi connectivity index (χ4n) is 1.18. The second-order valence-electron chi connectivity index (χ2n) is 4.24. The van der Waals surface area contributed by atoms with E-state index in [4.69, 9.17) is 0 Å². The average molecular weight is 283 g/mol. The molecule has 4 heteroatoms. The van der Waals surface area contributed by atoms with E-state index in [1.165, 1.54) is 12.8 Å². The summed E-state index contributed by atoms with van der Waals surface area (Å²) < 4.78 is 0. The number of imidazole rings is 1. The maximum absolute atomic E-state index is 11.2. The van der Waals surface area contributed by atoms with Gasteiger partial charge in [-0.2, -0.15) is 0 Å². The number of aromatic amines is 1. The molecule has 20 heavy (non-hydrogen) atoms. The number of amides is 1. The number of unbranched alkanes of at least 4 members (excludes halogenated alkanes) is 2. The molecule has 1 aromatic heterocycles. The minimum absolute atomic E-state index is 0.137. The topological polar surface area (TPSA) is 57.8 Å². The first-order valence-electron chi connectivity index (χ1n) is 7.99. The molecule has 0 unspecified atom stereocenters. The zero-order chi connectivity index (χ0) is 15.6.